The smallest absolute Gasteiger partial charge is 0.263 e. The lowest BCUT2D eigenvalue weighted by molar-refractivity contribution is -0.121. The molecule has 0 aliphatic carbocycles. The molecular weight excluding hydrogens is 374 g/mol. The summed E-state index contributed by atoms with van der Waals surface area (Å²) in [5.74, 6) is -0.416. The third kappa shape index (κ3) is 4.78. The molecule has 1 atom stereocenters. The van der Waals surface area contributed by atoms with E-state index in [-0.39, 0.29) is 23.6 Å². The molecule has 1 fully saturated rings. The van der Waals surface area contributed by atoms with Crippen LogP contribution in [0.2, 0.25) is 0 Å². The third-order valence-corrected chi connectivity index (χ3v) is 5.77. The number of thiophene rings is 1. The Balaban J connectivity index is 1.66. The third-order valence-electron chi connectivity index (χ3n) is 4.91. The second-order valence-electron chi connectivity index (χ2n) is 6.99. The fraction of sp³-hybridized carbons (Fsp3) is 0.381. The summed E-state index contributed by atoms with van der Waals surface area (Å²) < 4.78 is 0. The second-order valence-corrected chi connectivity index (χ2v) is 7.94. The van der Waals surface area contributed by atoms with Crippen molar-refractivity contribution in [1.82, 2.24) is 4.90 Å². The van der Waals surface area contributed by atoms with Crippen LogP contribution in [0.25, 0.3) is 0 Å². The van der Waals surface area contributed by atoms with E-state index in [1.165, 1.54) is 11.3 Å². The van der Waals surface area contributed by atoms with E-state index < -0.39 is 0 Å². The van der Waals surface area contributed by atoms with Crippen molar-refractivity contribution in [2.24, 2.45) is 5.92 Å². The van der Waals surface area contributed by atoms with E-state index in [0.717, 1.165) is 18.4 Å². The van der Waals surface area contributed by atoms with Crippen LogP contribution in [-0.4, -0.2) is 35.7 Å². The number of anilines is 2. The molecule has 1 unspecified atom stereocenters. The van der Waals surface area contributed by atoms with E-state index in [0.29, 0.717) is 35.8 Å². The molecule has 1 aromatic carbocycles. The van der Waals surface area contributed by atoms with Crippen molar-refractivity contribution in [2.45, 2.75) is 33.1 Å². The maximum Gasteiger partial charge on any atom is 0.263 e. The van der Waals surface area contributed by atoms with Crippen LogP contribution < -0.4 is 10.6 Å². The van der Waals surface area contributed by atoms with Crippen LogP contribution >= 0.6 is 11.3 Å². The van der Waals surface area contributed by atoms with Gasteiger partial charge in [-0.05, 0) is 48.9 Å². The summed E-state index contributed by atoms with van der Waals surface area (Å²) >= 11 is 1.42. The van der Waals surface area contributed by atoms with Crippen molar-refractivity contribution < 1.29 is 14.4 Å². The molecule has 0 radical (unpaired) electrons. The summed E-state index contributed by atoms with van der Waals surface area (Å²) in [7, 11) is 0. The first-order chi connectivity index (χ1) is 13.5. The molecule has 0 spiro atoms. The first kappa shape index (κ1) is 20.1. The van der Waals surface area contributed by atoms with Crippen LogP contribution in [0.15, 0.2) is 35.7 Å². The predicted octanol–water partition coefficient (Wildman–Crippen LogP) is 3.90. The monoisotopic (exact) mass is 399 g/mol. The Kier molecular flexibility index (Phi) is 6.46. The molecular formula is C21H25N3O3S. The lowest BCUT2D eigenvalue weighted by atomic mass is 9.96. The number of aryl methyl sites for hydroxylation is 1. The van der Waals surface area contributed by atoms with Crippen LogP contribution in [0.4, 0.5) is 11.4 Å². The SMILES string of the molecule is CCC(=O)Nc1ccc(C)c(NC(=O)C2CCCN(C(=O)c3cccs3)C2)c1. The molecule has 3 rings (SSSR count). The molecule has 148 valence electrons. The summed E-state index contributed by atoms with van der Waals surface area (Å²) in [5.41, 5.74) is 2.26. The quantitative estimate of drug-likeness (QED) is 0.800. The van der Waals surface area contributed by atoms with Gasteiger partial charge in [0.2, 0.25) is 11.8 Å². The zero-order valence-corrected chi connectivity index (χ0v) is 17.0. The Hall–Kier alpha value is -2.67. The summed E-state index contributed by atoms with van der Waals surface area (Å²) in [6.07, 6.45) is 1.96. The zero-order chi connectivity index (χ0) is 20.1. The zero-order valence-electron chi connectivity index (χ0n) is 16.2. The van der Waals surface area contributed by atoms with Gasteiger partial charge in [0.05, 0.1) is 10.8 Å². The minimum absolute atomic E-state index is 0.00652. The number of hydrogen-bond donors (Lipinski definition) is 2. The molecule has 1 aliphatic rings. The largest absolute Gasteiger partial charge is 0.337 e. The topological polar surface area (TPSA) is 78.5 Å². The van der Waals surface area contributed by atoms with E-state index >= 15 is 0 Å². The van der Waals surface area contributed by atoms with Crippen molar-refractivity contribution in [3.05, 3.63) is 46.2 Å². The molecule has 3 amide bonds. The van der Waals surface area contributed by atoms with Crippen LogP contribution in [0.5, 0.6) is 0 Å². The molecule has 1 saturated heterocycles. The summed E-state index contributed by atoms with van der Waals surface area (Å²) in [6, 6.07) is 9.14. The van der Waals surface area contributed by atoms with Gasteiger partial charge in [-0.3, -0.25) is 14.4 Å². The molecule has 0 saturated carbocycles. The van der Waals surface area contributed by atoms with Crippen LogP contribution in [0.1, 0.15) is 41.4 Å². The molecule has 2 N–H and O–H groups in total. The van der Waals surface area contributed by atoms with Crippen molar-refractivity contribution in [3.8, 4) is 0 Å². The standard InChI is InChI=1S/C21H25N3O3S/c1-3-19(25)22-16-9-8-14(2)17(12-16)23-20(26)15-6-4-10-24(13-15)21(27)18-7-5-11-28-18/h5,7-9,11-12,15H,3-4,6,10,13H2,1-2H3,(H,22,25)(H,23,26). The van der Waals surface area contributed by atoms with E-state index in [1.807, 2.05) is 36.6 Å². The summed E-state index contributed by atoms with van der Waals surface area (Å²) in [4.78, 5) is 39.5. The number of amides is 3. The molecule has 2 heterocycles. The second kappa shape index (κ2) is 9.01. The number of benzene rings is 1. The maximum atomic E-state index is 12.8. The fourth-order valence-electron chi connectivity index (χ4n) is 3.25. The Morgan fingerprint density at radius 3 is 2.75 bits per heavy atom. The van der Waals surface area contributed by atoms with Crippen molar-refractivity contribution in [1.29, 1.82) is 0 Å². The lowest BCUT2D eigenvalue weighted by Crippen LogP contribution is -2.43. The van der Waals surface area contributed by atoms with Crippen molar-refractivity contribution in [2.75, 3.05) is 23.7 Å². The van der Waals surface area contributed by atoms with Crippen LogP contribution in [0.3, 0.4) is 0 Å². The van der Waals surface area contributed by atoms with Crippen molar-refractivity contribution >= 4 is 40.4 Å². The molecule has 6 nitrogen and oxygen atoms in total. The summed E-state index contributed by atoms with van der Waals surface area (Å²) in [5, 5.41) is 7.67. The number of piperidine rings is 1. The Morgan fingerprint density at radius 1 is 1.21 bits per heavy atom. The van der Waals surface area contributed by atoms with Gasteiger partial charge >= 0.3 is 0 Å². The highest BCUT2D eigenvalue weighted by Gasteiger charge is 2.29. The van der Waals surface area contributed by atoms with Gasteiger partial charge in [0, 0.05) is 30.9 Å². The molecule has 1 aromatic heterocycles. The molecule has 2 aromatic rings. The van der Waals surface area contributed by atoms with Gasteiger partial charge in [0.1, 0.15) is 0 Å². The van der Waals surface area contributed by atoms with E-state index in [4.69, 9.17) is 0 Å². The number of hydrogen-bond acceptors (Lipinski definition) is 4. The number of nitrogens with zero attached hydrogens (tertiary/aromatic N) is 1. The highest BCUT2D eigenvalue weighted by Crippen LogP contribution is 2.25. The highest BCUT2D eigenvalue weighted by molar-refractivity contribution is 7.12. The van der Waals surface area contributed by atoms with Gasteiger partial charge < -0.3 is 15.5 Å². The first-order valence-electron chi connectivity index (χ1n) is 9.52. The average Bonchev–Trinajstić information content (AvgIpc) is 3.24. The predicted molar refractivity (Wildman–Crippen MR) is 112 cm³/mol. The number of nitrogens with one attached hydrogen (secondary N) is 2. The summed E-state index contributed by atoms with van der Waals surface area (Å²) in [6.45, 7) is 4.80. The van der Waals surface area contributed by atoms with E-state index in [1.54, 1.807) is 17.9 Å². The normalized spacial score (nSPS) is 16.5. The Morgan fingerprint density at radius 2 is 2.04 bits per heavy atom. The van der Waals surface area contributed by atoms with Gasteiger partial charge in [-0.2, -0.15) is 0 Å². The van der Waals surface area contributed by atoms with Crippen LogP contribution in [-0.2, 0) is 9.59 Å². The van der Waals surface area contributed by atoms with Crippen molar-refractivity contribution in [3.63, 3.8) is 0 Å². The number of carbonyl (C=O) groups excluding carboxylic acids is 3. The number of carbonyl (C=O) groups is 3. The van der Waals surface area contributed by atoms with Gasteiger partial charge in [0.25, 0.3) is 5.91 Å². The minimum atomic E-state index is -0.244. The highest BCUT2D eigenvalue weighted by atomic mass is 32.1. The molecule has 7 heteroatoms. The fourth-order valence-corrected chi connectivity index (χ4v) is 3.94. The molecule has 28 heavy (non-hydrogen) atoms. The maximum absolute atomic E-state index is 12.8. The number of likely N-dealkylation sites (tertiary alicyclic amines) is 1. The van der Waals surface area contributed by atoms with Gasteiger partial charge in [-0.1, -0.05) is 19.1 Å². The van der Waals surface area contributed by atoms with E-state index in [2.05, 4.69) is 10.6 Å². The lowest BCUT2D eigenvalue weighted by Gasteiger charge is -2.32. The van der Waals surface area contributed by atoms with Gasteiger partial charge in [-0.15, -0.1) is 11.3 Å². The first-order valence-corrected chi connectivity index (χ1v) is 10.4. The van der Waals surface area contributed by atoms with Gasteiger partial charge in [0.15, 0.2) is 0 Å². The minimum Gasteiger partial charge on any atom is -0.337 e. The van der Waals surface area contributed by atoms with Crippen LogP contribution in [0, 0.1) is 12.8 Å². The molecule has 1 aliphatic heterocycles. The molecule has 0 bridgehead atoms. The van der Waals surface area contributed by atoms with E-state index in [9.17, 15) is 14.4 Å². The van der Waals surface area contributed by atoms with Gasteiger partial charge in [-0.25, -0.2) is 0 Å². The Labute approximate surface area is 168 Å². The average molecular weight is 400 g/mol. The Bertz CT molecular complexity index is 864. The number of rotatable bonds is 5.